The first-order valence-corrected chi connectivity index (χ1v) is 9.61. The highest BCUT2D eigenvalue weighted by Gasteiger charge is 2.28. The Kier molecular flexibility index (Phi) is 5.29. The number of carbonyl (C=O) groups excluding carboxylic acids is 3. The number of carbonyl (C=O) groups is 3. The van der Waals surface area contributed by atoms with E-state index < -0.39 is 0 Å². The molecule has 1 aromatic heterocycles. The molecule has 2 N–H and O–H groups in total. The first-order valence-electron chi connectivity index (χ1n) is 9.61. The highest BCUT2D eigenvalue weighted by Crippen LogP contribution is 2.15. The molecule has 1 aliphatic heterocycles. The molecule has 0 radical (unpaired) electrons. The van der Waals surface area contributed by atoms with Gasteiger partial charge in [-0.1, -0.05) is 30.3 Å². The number of aryl methyl sites for hydroxylation is 1. The van der Waals surface area contributed by atoms with Crippen LogP contribution in [0.5, 0.6) is 0 Å². The molecular weight excluding hydrogens is 368 g/mol. The van der Waals surface area contributed by atoms with Crippen LogP contribution in [0, 0.1) is 0 Å². The number of aromatic nitrogens is 1. The Hall–Kier alpha value is -3.61. The quantitative estimate of drug-likeness (QED) is 0.480. The number of urea groups is 1. The number of fused-ring (bicyclic) bond motifs is 1. The van der Waals surface area contributed by atoms with Gasteiger partial charge in [-0.2, -0.15) is 0 Å². The lowest BCUT2D eigenvalue weighted by molar-refractivity contribution is -0.125. The predicted molar refractivity (Wildman–Crippen MR) is 109 cm³/mol. The van der Waals surface area contributed by atoms with Gasteiger partial charge < -0.3 is 15.2 Å². The van der Waals surface area contributed by atoms with Crippen molar-refractivity contribution in [3.8, 4) is 0 Å². The van der Waals surface area contributed by atoms with E-state index in [-0.39, 0.29) is 30.9 Å². The monoisotopic (exact) mass is 390 g/mol. The van der Waals surface area contributed by atoms with Gasteiger partial charge in [-0.15, -0.1) is 0 Å². The Bertz CT molecular complexity index is 1040. The average molecular weight is 390 g/mol. The van der Waals surface area contributed by atoms with E-state index in [1.807, 2.05) is 12.1 Å². The van der Waals surface area contributed by atoms with Gasteiger partial charge in [0.05, 0.1) is 13.1 Å². The molecular formula is C22H22N4O3. The van der Waals surface area contributed by atoms with Crippen molar-refractivity contribution in [2.75, 3.05) is 13.1 Å². The number of nitrogens with one attached hydrogen (secondary N) is 2. The summed E-state index contributed by atoms with van der Waals surface area (Å²) in [7, 11) is 0. The number of imide groups is 1. The van der Waals surface area contributed by atoms with Gasteiger partial charge in [-0.25, -0.2) is 4.79 Å². The number of benzene rings is 2. The molecule has 0 aliphatic carbocycles. The molecule has 3 aromatic rings. The summed E-state index contributed by atoms with van der Waals surface area (Å²) in [5.41, 5.74) is 2.54. The minimum absolute atomic E-state index is 0.0398. The zero-order valence-electron chi connectivity index (χ0n) is 15.9. The van der Waals surface area contributed by atoms with Crippen LogP contribution in [-0.2, 0) is 17.9 Å². The molecule has 0 saturated carbocycles. The van der Waals surface area contributed by atoms with Crippen molar-refractivity contribution in [1.29, 1.82) is 0 Å². The SMILES string of the molecule is O=C(NCCCn1ccc2ccccc21)c1ccc(CN2C(=O)CNC2=O)cc1. The summed E-state index contributed by atoms with van der Waals surface area (Å²) < 4.78 is 2.19. The van der Waals surface area contributed by atoms with Crippen molar-refractivity contribution in [3.05, 3.63) is 71.9 Å². The van der Waals surface area contributed by atoms with Crippen molar-refractivity contribution in [2.24, 2.45) is 0 Å². The summed E-state index contributed by atoms with van der Waals surface area (Å²) in [6, 6.07) is 16.9. The van der Waals surface area contributed by atoms with Gasteiger partial charge in [-0.05, 0) is 41.6 Å². The minimum Gasteiger partial charge on any atom is -0.352 e. The second-order valence-electron chi connectivity index (χ2n) is 7.01. The Morgan fingerprint density at radius 3 is 2.59 bits per heavy atom. The Morgan fingerprint density at radius 1 is 1.03 bits per heavy atom. The molecule has 148 valence electrons. The van der Waals surface area contributed by atoms with Crippen LogP contribution in [0.2, 0.25) is 0 Å². The van der Waals surface area contributed by atoms with Crippen molar-refractivity contribution in [1.82, 2.24) is 20.1 Å². The molecule has 0 atom stereocenters. The van der Waals surface area contributed by atoms with Gasteiger partial charge in [0.1, 0.15) is 0 Å². The van der Waals surface area contributed by atoms with E-state index in [1.165, 1.54) is 15.8 Å². The van der Waals surface area contributed by atoms with Gasteiger partial charge in [0, 0.05) is 30.4 Å². The molecule has 1 fully saturated rings. The molecule has 4 rings (SSSR count). The topological polar surface area (TPSA) is 83.4 Å². The lowest BCUT2D eigenvalue weighted by Gasteiger charge is -2.12. The van der Waals surface area contributed by atoms with E-state index in [0.29, 0.717) is 12.1 Å². The number of amides is 4. The number of para-hydroxylation sites is 1. The molecule has 4 amide bonds. The van der Waals surface area contributed by atoms with Crippen LogP contribution >= 0.6 is 0 Å². The van der Waals surface area contributed by atoms with Crippen LogP contribution in [0.1, 0.15) is 22.3 Å². The second kappa shape index (κ2) is 8.18. The van der Waals surface area contributed by atoms with Crippen molar-refractivity contribution < 1.29 is 14.4 Å². The highest BCUT2D eigenvalue weighted by atomic mass is 16.2. The summed E-state index contributed by atoms with van der Waals surface area (Å²) in [5, 5.41) is 6.64. The van der Waals surface area contributed by atoms with Crippen molar-refractivity contribution in [2.45, 2.75) is 19.5 Å². The van der Waals surface area contributed by atoms with Gasteiger partial charge in [0.2, 0.25) is 5.91 Å². The van der Waals surface area contributed by atoms with E-state index in [1.54, 1.807) is 24.3 Å². The fourth-order valence-corrected chi connectivity index (χ4v) is 3.45. The maximum Gasteiger partial charge on any atom is 0.324 e. The standard InChI is InChI=1S/C22H22N4O3/c27-20-14-24-22(29)26(20)15-16-6-8-18(9-7-16)21(28)23-11-3-12-25-13-10-17-4-1-2-5-19(17)25/h1-2,4-10,13H,3,11-12,14-15H2,(H,23,28)(H,24,29). The largest absolute Gasteiger partial charge is 0.352 e. The summed E-state index contributed by atoms with van der Waals surface area (Å²) in [4.78, 5) is 36.7. The first-order chi connectivity index (χ1) is 14.1. The smallest absolute Gasteiger partial charge is 0.324 e. The summed E-state index contributed by atoms with van der Waals surface area (Å²) >= 11 is 0. The number of rotatable bonds is 7. The molecule has 7 heteroatoms. The minimum atomic E-state index is -0.382. The molecule has 0 spiro atoms. The molecule has 0 unspecified atom stereocenters. The Balaban J connectivity index is 1.26. The normalized spacial score (nSPS) is 13.7. The van der Waals surface area contributed by atoms with Crippen LogP contribution in [0.15, 0.2) is 60.8 Å². The summed E-state index contributed by atoms with van der Waals surface area (Å²) in [6.45, 7) is 1.66. The molecule has 7 nitrogen and oxygen atoms in total. The summed E-state index contributed by atoms with van der Waals surface area (Å²) in [6.07, 6.45) is 2.89. The summed E-state index contributed by atoms with van der Waals surface area (Å²) in [5.74, 6) is -0.379. The Morgan fingerprint density at radius 2 is 1.83 bits per heavy atom. The third-order valence-corrected chi connectivity index (χ3v) is 5.04. The van der Waals surface area contributed by atoms with Gasteiger partial charge in [0.25, 0.3) is 5.91 Å². The molecule has 1 aliphatic rings. The van der Waals surface area contributed by atoms with E-state index in [2.05, 4.69) is 39.6 Å². The first kappa shape index (κ1) is 18.7. The molecule has 2 heterocycles. The maximum atomic E-state index is 12.3. The zero-order chi connectivity index (χ0) is 20.2. The fraction of sp³-hybridized carbons (Fsp3) is 0.227. The van der Waals surface area contributed by atoms with Crippen molar-refractivity contribution >= 4 is 28.7 Å². The van der Waals surface area contributed by atoms with E-state index in [0.717, 1.165) is 18.5 Å². The number of hydrogen-bond donors (Lipinski definition) is 2. The lowest BCUT2D eigenvalue weighted by Crippen LogP contribution is -2.30. The van der Waals surface area contributed by atoms with E-state index in [9.17, 15) is 14.4 Å². The highest BCUT2D eigenvalue weighted by molar-refractivity contribution is 6.01. The van der Waals surface area contributed by atoms with Crippen molar-refractivity contribution in [3.63, 3.8) is 0 Å². The fourth-order valence-electron chi connectivity index (χ4n) is 3.45. The van der Waals surface area contributed by atoms with Gasteiger partial charge >= 0.3 is 6.03 Å². The second-order valence-corrected chi connectivity index (χ2v) is 7.01. The van der Waals surface area contributed by atoms with E-state index in [4.69, 9.17) is 0 Å². The molecule has 1 saturated heterocycles. The predicted octanol–water partition coefficient (Wildman–Crippen LogP) is 2.51. The number of hydrogen-bond acceptors (Lipinski definition) is 3. The van der Waals surface area contributed by atoms with E-state index >= 15 is 0 Å². The number of nitrogens with zero attached hydrogens (tertiary/aromatic N) is 2. The zero-order valence-corrected chi connectivity index (χ0v) is 15.9. The van der Waals surface area contributed by atoms with Crippen LogP contribution in [0.25, 0.3) is 10.9 Å². The van der Waals surface area contributed by atoms with Gasteiger partial charge in [-0.3, -0.25) is 14.5 Å². The lowest BCUT2D eigenvalue weighted by atomic mass is 10.1. The van der Waals surface area contributed by atoms with Crippen LogP contribution in [0.4, 0.5) is 4.79 Å². The Labute approximate surface area is 168 Å². The third kappa shape index (κ3) is 4.13. The maximum absolute atomic E-state index is 12.3. The molecule has 29 heavy (non-hydrogen) atoms. The van der Waals surface area contributed by atoms with Crippen LogP contribution in [0.3, 0.4) is 0 Å². The van der Waals surface area contributed by atoms with Crippen LogP contribution in [-0.4, -0.2) is 40.4 Å². The average Bonchev–Trinajstić information content (AvgIpc) is 3.30. The van der Waals surface area contributed by atoms with Crippen LogP contribution < -0.4 is 10.6 Å². The van der Waals surface area contributed by atoms with Gasteiger partial charge in [0.15, 0.2) is 0 Å². The molecule has 0 bridgehead atoms. The third-order valence-electron chi connectivity index (χ3n) is 5.04. The molecule has 2 aromatic carbocycles.